The van der Waals surface area contributed by atoms with Crippen LogP contribution in [0.2, 0.25) is 0 Å². The highest BCUT2D eigenvalue weighted by Gasteiger charge is 2.20. The average molecular weight is 606 g/mol. The molecular formula is C35H43NO8. The Morgan fingerprint density at radius 1 is 0.841 bits per heavy atom. The molecule has 2 N–H and O–H groups in total. The maximum Gasteiger partial charge on any atom is 0.335 e. The van der Waals surface area contributed by atoms with Gasteiger partial charge in [0, 0.05) is 18.5 Å². The van der Waals surface area contributed by atoms with Gasteiger partial charge in [-0.1, -0.05) is 31.2 Å². The van der Waals surface area contributed by atoms with Gasteiger partial charge in [0.05, 0.1) is 31.8 Å². The zero-order valence-corrected chi connectivity index (χ0v) is 26.0. The van der Waals surface area contributed by atoms with Crippen molar-refractivity contribution in [2.45, 2.75) is 72.0 Å². The van der Waals surface area contributed by atoms with E-state index in [0.29, 0.717) is 49.5 Å². The number of esters is 1. The molecular weight excluding hydrogens is 562 g/mol. The summed E-state index contributed by atoms with van der Waals surface area (Å²) in [6.45, 7) is 7.03. The molecule has 0 aliphatic heterocycles. The molecule has 0 aliphatic rings. The van der Waals surface area contributed by atoms with Gasteiger partial charge in [0.1, 0.15) is 23.9 Å². The van der Waals surface area contributed by atoms with E-state index in [1.807, 2.05) is 69.3 Å². The molecule has 0 unspecified atom stereocenters. The molecule has 0 saturated carbocycles. The van der Waals surface area contributed by atoms with Gasteiger partial charge in [-0.2, -0.15) is 0 Å². The number of carboxylic acids is 1. The molecule has 9 heteroatoms. The van der Waals surface area contributed by atoms with Crippen molar-refractivity contribution < 1.29 is 38.4 Å². The van der Waals surface area contributed by atoms with Crippen LogP contribution < -0.4 is 19.5 Å². The molecule has 9 nitrogen and oxygen atoms in total. The van der Waals surface area contributed by atoms with Crippen molar-refractivity contribution in [3.63, 3.8) is 0 Å². The molecule has 0 heterocycles. The molecule has 0 atom stereocenters. The second-order valence-electron chi connectivity index (χ2n) is 10.6. The Bertz CT molecular complexity index is 1370. The van der Waals surface area contributed by atoms with Crippen LogP contribution in [0.1, 0.15) is 72.6 Å². The van der Waals surface area contributed by atoms with Crippen molar-refractivity contribution in [2.75, 3.05) is 20.3 Å². The Hall–Kier alpha value is -4.53. The third-order valence-corrected chi connectivity index (χ3v) is 6.91. The lowest BCUT2D eigenvalue weighted by Crippen LogP contribution is -2.27. The highest BCUT2D eigenvalue weighted by Crippen LogP contribution is 2.28. The van der Waals surface area contributed by atoms with Gasteiger partial charge in [-0.3, -0.25) is 9.59 Å². The molecule has 0 fully saturated rings. The highest BCUT2D eigenvalue weighted by atomic mass is 16.5. The predicted octanol–water partition coefficient (Wildman–Crippen LogP) is 5.94. The number of aromatic carboxylic acids is 1. The predicted molar refractivity (Wildman–Crippen MR) is 168 cm³/mol. The molecule has 0 aromatic heterocycles. The van der Waals surface area contributed by atoms with E-state index in [4.69, 9.17) is 14.2 Å². The summed E-state index contributed by atoms with van der Waals surface area (Å²) in [5.74, 6) is 0.476. The van der Waals surface area contributed by atoms with Crippen molar-refractivity contribution in [1.82, 2.24) is 5.32 Å². The third kappa shape index (κ3) is 10.9. The summed E-state index contributed by atoms with van der Waals surface area (Å²) in [5.41, 5.74) is 3.50. The minimum absolute atomic E-state index is 0.0187. The molecule has 1 amide bonds. The quantitative estimate of drug-likeness (QED) is 0.135. The Balaban J connectivity index is 1.52. The van der Waals surface area contributed by atoms with Crippen LogP contribution in [0.15, 0.2) is 60.7 Å². The van der Waals surface area contributed by atoms with E-state index >= 15 is 0 Å². The molecule has 3 aromatic rings. The van der Waals surface area contributed by atoms with Crippen LogP contribution in [0.25, 0.3) is 0 Å². The Kier molecular flexibility index (Phi) is 13.6. The second-order valence-corrected chi connectivity index (χ2v) is 10.6. The fraction of sp³-hybridized carbons (Fsp3) is 0.400. The van der Waals surface area contributed by atoms with E-state index in [-0.39, 0.29) is 36.4 Å². The van der Waals surface area contributed by atoms with Crippen molar-refractivity contribution in [2.24, 2.45) is 0 Å². The standard InChI is InChI=1S/C35H43NO8/c1-5-29-30(35(39)40)18-19-32(31(29)22-33(37)36-20-6-9-34(38)41-4)42-21-7-8-25-10-14-27(15-11-25)43-23-26-12-16-28(17-13-26)44-24(2)3/h10-19,24H,5-9,20-23H2,1-4H3,(H,36,37)(H,39,40). The van der Waals surface area contributed by atoms with Crippen molar-refractivity contribution in [3.05, 3.63) is 88.5 Å². The summed E-state index contributed by atoms with van der Waals surface area (Å²) in [5, 5.41) is 12.5. The van der Waals surface area contributed by atoms with Crippen LogP contribution in [-0.4, -0.2) is 49.3 Å². The first-order valence-electron chi connectivity index (χ1n) is 15.0. The monoisotopic (exact) mass is 605 g/mol. The lowest BCUT2D eigenvalue weighted by Gasteiger charge is -2.17. The van der Waals surface area contributed by atoms with Gasteiger partial charge in [-0.25, -0.2) is 4.79 Å². The first-order chi connectivity index (χ1) is 21.2. The first kappa shape index (κ1) is 34.0. The number of benzene rings is 3. The molecule has 0 aliphatic carbocycles. The van der Waals surface area contributed by atoms with E-state index in [1.54, 1.807) is 6.07 Å². The number of ether oxygens (including phenoxy) is 4. The summed E-state index contributed by atoms with van der Waals surface area (Å²) >= 11 is 0. The normalized spacial score (nSPS) is 10.8. The van der Waals surface area contributed by atoms with Gasteiger partial charge in [0.15, 0.2) is 0 Å². The molecule has 0 spiro atoms. The van der Waals surface area contributed by atoms with Crippen molar-refractivity contribution in [3.8, 4) is 17.2 Å². The zero-order valence-electron chi connectivity index (χ0n) is 26.0. The third-order valence-electron chi connectivity index (χ3n) is 6.91. The summed E-state index contributed by atoms with van der Waals surface area (Å²) in [6, 6.07) is 19.0. The number of hydrogen-bond donors (Lipinski definition) is 2. The fourth-order valence-corrected chi connectivity index (χ4v) is 4.70. The molecule has 0 saturated heterocycles. The highest BCUT2D eigenvalue weighted by molar-refractivity contribution is 5.91. The fourth-order valence-electron chi connectivity index (χ4n) is 4.70. The van der Waals surface area contributed by atoms with Gasteiger partial charge in [-0.05, 0) is 92.6 Å². The topological polar surface area (TPSA) is 120 Å². The van der Waals surface area contributed by atoms with Crippen molar-refractivity contribution >= 4 is 17.8 Å². The SMILES string of the molecule is CCc1c(C(=O)O)ccc(OCCCc2ccc(OCc3ccc(OC(C)C)cc3)cc2)c1CC(=O)NCCCC(=O)OC. The number of aryl methyl sites for hydroxylation is 1. The van der Waals surface area contributed by atoms with E-state index in [0.717, 1.165) is 35.5 Å². The molecule has 44 heavy (non-hydrogen) atoms. The van der Waals surface area contributed by atoms with E-state index in [9.17, 15) is 19.5 Å². The van der Waals surface area contributed by atoms with Crippen LogP contribution in [0.4, 0.5) is 0 Å². The number of carboxylic acid groups (broad SMARTS) is 1. The molecule has 3 rings (SSSR count). The number of carbonyl (C=O) groups is 3. The molecule has 0 bridgehead atoms. The molecule has 236 valence electrons. The molecule has 3 aromatic carbocycles. The van der Waals surface area contributed by atoms with Crippen LogP contribution in [0.5, 0.6) is 17.2 Å². The summed E-state index contributed by atoms with van der Waals surface area (Å²) in [4.78, 5) is 35.8. The van der Waals surface area contributed by atoms with E-state index in [2.05, 4.69) is 10.1 Å². The lowest BCUT2D eigenvalue weighted by atomic mass is 9.95. The molecule has 0 radical (unpaired) electrons. The maximum absolute atomic E-state index is 12.7. The Morgan fingerprint density at radius 3 is 2.16 bits per heavy atom. The van der Waals surface area contributed by atoms with Crippen LogP contribution >= 0.6 is 0 Å². The number of carbonyl (C=O) groups excluding carboxylic acids is 2. The summed E-state index contributed by atoms with van der Waals surface area (Å²) < 4.78 is 22.3. The van der Waals surface area contributed by atoms with Gasteiger partial charge in [0.25, 0.3) is 0 Å². The average Bonchev–Trinajstić information content (AvgIpc) is 3.01. The lowest BCUT2D eigenvalue weighted by molar-refractivity contribution is -0.140. The largest absolute Gasteiger partial charge is 0.493 e. The van der Waals surface area contributed by atoms with Gasteiger partial charge >= 0.3 is 11.9 Å². The first-order valence-corrected chi connectivity index (χ1v) is 15.0. The minimum Gasteiger partial charge on any atom is -0.493 e. The Labute approximate surface area is 259 Å². The number of methoxy groups -OCH3 is 1. The number of amides is 1. The van der Waals surface area contributed by atoms with Gasteiger partial charge < -0.3 is 29.4 Å². The van der Waals surface area contributed by atoms with Crippen LogP contribution in [0.3, 0.4) is 0 Å². The van der Waals surface area contributed by atoms with Gasteiger partial charge in [0.2, 0.25) is 5.91 Å². The Morgan fingerprint density at radius 2 is 1.52 bits per heavy atom. The number of hydrogen-bond acceptors (Lipinski definition) is 7. The second kappa shape index (κ2) is 17.6. The van der Waals surface area contributed by atoms with Crippen molar-refractivity contribution in [1.29, 1.82) is 0 Å². The zero-order chi connectivity index (χ0) is 31.9. The maximum atomic E-state index is 12.7. The van der Waals surface area contributed by atoms with E-state index < -0.39 is 5.97 Å². The summed E-state index contributed by atoms with van der Waals surface area (Å²) in [7, 11) is 1.32. The number of rotatable bonds is 18. The minimum atomic E-state index is -1.05. The van der Waals surface area contributed by atoms with Crippen LogP contribution in [-0.2, 0) is 40.2 Å². The number of nitrogens with one attached hydrogen (secondary N) is 1. The van der Waals surface area contributed by atoms with E-state index in [1.165, 1.54) is 13.2 Å². The van der Waals surface area contributed by atoms with Crippen LogP contribution in [0, 0.1) is 0 Å². The van der Waals surface area contributed by atoms with Gasteiger partial charge in [-0.15, -0.1) is 0 Å². The smallest absolute Gasteiger partial charge is 0.335 e. The summed E-state index contributed by atoms with van der Waals surface area (Å²) in [6.07, 6.45) is 2.72.